The van der Waals surface area contributed by atoms with Gasteiger partial charge in [0.2, 0.25) is 0 Å². The second-order valence-electron chi connectivity index (χ2n) is 4.82. The first kappa shape index (κ1) is 19.2. The molecule has 0 spiro atoms. The van der Waals surface area contributed by atoms with Crippen molar-refractivity contribution < 1.29 is 0 Å². The molecule has 0 aliphatic heterocycles. The summed E-state index contributed by atoms with van der Waals surface area (Å²) in [6, 6.07) is 8.51. The number of nitrogens with one attached hydrogen (secondary N) is 2. The van der Waals surface area contributed by atoms with Gasteiger partial charge in [0, 0.05) is 0 Å². The molecule has 20 heavy (non-hydrogen) atoms. The number of allylic oxidation sites excluding steroid dienone is 3. The third-order valence-corrected chi connectivity index (χ3v) is 3.63. The molecule has 0 amide bonds. The van der Waals surface area contributed by atoms with Crippen LogP contribution in [0.2, 0.25) is 0 Å². The predicted octanol–water partition coefficient (Wildman–Crippen LogP) is 4.17. The molecular formula is C17H27N2Pb. The fraction of sp³-hybridized carbons (Fsp3) is 0.412. The first-order valence-electron chi connectivity index (χ1n) is 7.13. The third-order valence-electron chi connectivity index (χ3n) is 2.98. The van der Waals surface area contributed by atoms with Crippen molar-refractivity contribution >= 4 is 31.8 Å². The van der Waals surface area contributed by atoms with Crippen LogP contribution in [0.4, 0.5) is 5.69 Å². The standard InChI is InChI=1S/C15H21N2.C2H6.Pb/c1-15(2,11-7-4-8-12-16)13-9-5-6-10-14(13)17-3;1-2;/h4-10,12,16-17H,11H2,1-3H3;1-2H3;/q-1;;+1/b7-4+,12-8+;;. The van der Waals surface area contributed by atoms with Crippen LogP contribution in [0.25, 0.3) is 0 Å². The number of hydrogen-bond acceptors (Lipinski definition) is 2. The fourth-order valence-electron chi connectivity index (χ4n) is 1.95. The normalized spacial score (nSPS) is 11.3. The van der Waals surface area contributed by atoms with Crippen LogP contribution in [-0.2, 0) is 5.41 Å². The van der Waals surface area contributed by atoms with Crippen LogP contribution in [0.3, 0.4) is 0 Å². The molecule has 3 radical (unpaired) electrons. The van der Waals surface area contributed by atoms with E-state index in [0.717, 1.165) is 32.5 Å². The van der Waals surface area contributed by atoms with E-state index in [2.05, 4.69) is 58.7 Å². The minimum absolute atomic E-state index is 0.137. The van der Waals surface area contributed by atoms with Gasteiger partial charge >= 0.3 is 127 Å². The Morgan fingerprint density at radius 2 is 1.80 bits per heavy atom. The molecule has 0 unspecified atom stereocenters. The third kappa shape index (κ3) is 6.59. The summed E-state index contributed by atoms with van der Waals surface area (Å²) >= 11 is 0.998. The van der Waals surface area contributed by atoms with E-state index in [1.165, 1.54) is 11.3 Å². The van der Waals surface area contributed by atoms with Gasteiger partial charge < -0.3 is 0 Å². The Labute approximate surface area is 140 Å². The summed E-state index contributed by atoms with van der Waals surface area (Å²) in [4.78, 5) is 0. The Kier molecular flexibility index (Phi) is 10.5. The van der Waals surface area contributed by atoms with E-state index in [9.17, 15) is 0 Å². The van der Waals surface area contributed by atoms with E-state index < -0.39 is 0 Å². The van der Waals surface area contributed by atoms with Gasteiger partial charge in [-0.3, -0.25) is 0 Å². The Morgan fingerprint density at radius 1 is 1.15 bits per heavy atom. The van der Waals surface area contributed by atoms with Crippen molar-refractivity contribution in [2.75, 3.05) is 12.4 Å². The summed E-state index contributed by atoms with van der Waals surface area (Å²) in [5.74, 6) is 0. The zero-order chi connectivity index (χ0) is 15.4. The summed E-state index contributed by atoms with van der Waals surface area (Å²) in [7, 11) is 1.98. The van der Waals surface area contributed by atoms with E-state index >= 15 is 0 Å². The van der Waals surface area contributed by atoms with E-state index in [-0.39, 0.29) is 5.41 Å². The van der Waals surface area contributed by atoms with Crippen molar-refractivity contribution in [1.82, 2.24) is 3.13 Å². The molecule has 0 fully saturated rings. The monoisotopic (exact) mass is 467 g/mol. The maximum absolute atomic E-state index is 3.27. The zero-order valence-corrected chi connectivity index (χ0v) is 17.2. The predicted molar refractivity (Wildman–Crippen MR) is 92.1 cm³/mol. The van der Waals surface area contributed by atoms with Crippen LogP contribution in [0.5, 0.6) is 0 Å². The molecule has 3 heteroatoms. The summed E-state index contributed by atoms with van der Waals surface area (Å²) < 4.78 is 3.11. The van der Waals surface area contributed by atoms with Gasteiger partial charge in [0.1, 0.15) is 0 Å². The number of para-hydroxylation sites is 1. The van der Waals surface area contributed by atoms with E-state index in [1.807, 2.05) is 33.2 Å². The Hall–Kier alpha value is -0.778. The van der Waals surface area contributed by atoms with Gasteiger partial charge in [-0.1, -0.05) is 13.8 Å². The molecule has 0 aromatic heterocycles. The van der Waals surface area contributed by atoms with Gasteiger partial charge in [0.15, 0.2) is 0 Å². The fourth-order valence-corrected chi connectivity index (χ4v) is 2.32. The van der Waals surface area contributed by atoms with Crippen LogP contribution in [0, 0.1) is 0 Å². The van der Waals surface area contributed by atoms with Gasteiger partial charge in [-0.25, -0.2) is 0 Å². The van der Waals surface area contributed by atoms with Gasteiger partial charge in [-0.15, -0.1) is 0 Å². The summed E-state index contributed by atoms with van der Waals surface area (Å²) in [5, 5.41) is 3.27. The molecule has 0 saturated carbocycles. The average Bonchev–Trinajstić information content (AvgIpc) is 2.49. The Balaban J connectivity index is 0.00000172. The summed E-state index contributed by atoms with van der Waals surface area (Å²) in [6.07, 6.45) is 9.39. The maximum atomic E-state index is 3.27. The van der Waals surface area contributed by atoms with Crippen LogP contribution in [0.15, 0.2) is 48.7 Å². The van der Waals surface area contributed by atoms with E-state index in [4.69, 9.17) is 0 Å². The SMILES string of the molecule is CC.CNc1ccccc1C(C)(C)C/C=C/C=C/[NH][Pb]. The second kappa shape index (κ2) is 10.9. The van der Waals surface area contributed by atoms with Crippen LogP contribution in [-0.4, -0.2) is 33.1 Å². The topological polar surface area (TPSA) is 24.1 Å². The molecule has 2 nitrogen and oxygen atoms in total. The molecular weight excluding hydrogens is 439 g/mol. The Bertz CT molecular complexity index is 423. The van der Waals surface area contributed by atoms with Crippen molar-refractivity contribution in [3.8, 4) is 0 Å². The van der Waals surface area contributed by atoms with Crippen molar-refractivity contribution in [1.29, 1.82) is 0 Å². The van der Waals surface area contributed by atoms with Gasteiger partial charge in [-0.2, -0.15) is 0 Å². The second-order valence-corrected chi connectivity index (χ2v) is 5.94. The molecule has 0 aliphatic rings. The average molecular weight is 467 g/mol. The first-order valence-corrected chi connectivity index (χ1v) is 9.07. The van der Waals surface area contributed by atoms with E-state index in [0.29, 0.717) is 0 Å². The number of rotatable bonds is 6. The molecule has 2 N–H and O–H groups in total. The summed E-state index contributed by atoms with van der Waals surface area (Å²) in [6.45, 7) is 8.56. The molecule has 1 rings (SSSR count). The zero-order valence-electron chi connectivity index (χ0n) is 13.3. The van der Waals surface area contributed by atoms with Crippen LogP contribution >= 0.6 is 0 Å². The molecule has 0 bridgehead atoms. The van der Waals surface area contributed by atoms with Gasteiger partial charge in [-0.05, 0) is 0 Å². The first-order chi connectivity index (χ1) is 9.61. The van der Waals surface area contributed by atoms with Crippen molar-refractivity contribution in [3.63, 3.8) is 0 Å². The number of anilines is 1. The van der Waals surface area contributed by atoms with Crippen LogP contribution < -0.4 is 8.44 Å². The molecule has 0 atom stereocenters. The number of benzene rings is 1. The van der Waals surface area contributed by atoms with Gasteiger partial charge in [0.05, 0.1) is 0 Å². The number of hydrogen-bond donors (Lipinski definition) is 2. The molecule has 1 aromatic rings. The minimum atomic E-state index is 0.137. The molecule has 109 valence electrons. The van der Waals surface area contributed by atoms with Crippen molar-refractivity contribution in [2.45, 2.75) is 39.5 Å². The van der Waals surface area contributed by atoms with Gasteiger partial charge in [0.25, 0.3) is 0 Å². The van der Waals surface area contributed by atoms with Crippen LogP contribution in [0.1, 0.15) is 39.7 Å². The summed E-state index contributed by atoms with van der Waals surface area (Å²) in [5.41, 5.74) is 2.72. The molecule has 0 saturated heterocycles. The van der Waals surface area contributed by atoms with Crippen molar-refractivity contribution in [3.05, 3.63) is 54.3 Å². The van der Waals surface area contributed by atoms with E-state index in [1.54, 1.807) is 0 Å². The molecule has 1 aromatic carbocycles. The quantitative estimate of drug-likeness (QED) is 0.486. The van der Waals surface area contributed by atoms with Crippen molar-refractivity contribution in [2.24, 2.45) is 0 Å². The molecule has 0 aliphatic carbocycles. The molecule has 0 heterocycles. The Morgan fingerprint density at radius 3 is 2.40 bits per heavy atom.